The van der Waals surface area contributed by atoms with Crippen LogP contribution in [0.25, 0.3) is 11.1 Å². The van der Waals surface area contributed by atoms with E-state index >= 15 is 0 Å². The molecule has 0 fully saturated rings. The van der Waals surface area contributed by atoms with Gasteiger partial charge in [-0.2, -0.15) is 0 Å². The van der Waals surface area contributed by atoms with Crippen molar-refractivity contribution in [3.05, 3.63) is 79.4 Å². The van der Waals surface area contributed by atoms with Crippen molar-refractivity contribution < 1.29 is 50.3 Å². The van der Waals surface area contributed by atoms with Crippen LogP contribution < -0.4 is 24.8 Å². The Labute approximate surface area is 198 Å². The SMILES string of the molecule is CC1=CC(c2ccco2)=[C]([Ti+2]([C]2=C(c3ccco3)C=C(C)C2C)=[Si](C)C)C1C.[Cl-].[Cl-]. The molecule has 2 aliphatic rings. The summed E-state index contributed by atoms with van der Waals surface area (Å²) in [6, 6.07) is 8.25. The Balaban J connectivity index is 0.00000160. The smallest absolute Gasteiger partial charge is 1.00 e. The summed E-state index contributed by atoms with van der Waals surface area (Å²) in [6.07, 6.45) is 7.86. The summed E-state index contributed by atoms with van der Waals surface area (Å²) in [6.45, 7) is 14.4. The van der Waals surface area contributed by atoms with Crippen molar-refractivity contribution in [2.75, 3.05) is 0 Å². The van der Waals surface area contributed by atoms with Gasteiger partial charge in [-0.25, -0.2) is 0 Å². The monoisotopic (exact) mass is 494 g/mol. The van der Waals surface area contributed by atoms with E-state index in [1.54, 1.807) is 20.3 Å². The number of furan rings is 2. The van der Waals surface area contributed by atoms with E-state index < -0.39 is 22.8 Å². The van der Waals surface area contributed by atoms with E-state index in [0.29, 0.717) is 11.8 Å². The molecule has 2 aromatic rings. The van der Waals surface area contributed by atoms with Crippen molar-refractivity contribution in [2.24, 2.45) is 11.8 Å². The minimum atomic E-state index is -1.74. The first-order valence-corrected chi connectivity index (χ1v) is 16.4. The summed E-state index contributed by atoms with van der Waals surface area (Å²) in [5.41, 5.74) is 5.65. The molecule has 0 spiro atoms. The van der Waals surface area contributed by atoms with Crippen LogP contribution in [0.3, 0.4) is 0 Å². The molecule has 0 bridgehead atoms. The third-order valence-corrected chi connectivity index (χ3v) is 17.9. The van der Waals surface area contributed by atoms with Gasteiger partial charge in [0.05, 0.1) is 0 Å². The molecule has 0 aromatic carbocycles. The van der Waals surface area contributed by atoms with Gasteiger partial charge in [-0.05, 0) is 0 Å². The molecule has 158 valence electrons. The average molecular weight is 495 g/mol. The van der Waals surface area contributed by atoms with Gasteiger partial charge in [0.2, 0.25) is 0 Å². The minimum Gasteiger partial charge on any atom is -1.00 e. The maximum atomic E-state index is 5.87. The van der Waals surface area contributed by atoms with Gasteiger partial charge in [0.15, 0.2) is 0 Å². The fraction of sp³-hybridized carbons (Fsp3) is 0.333. The van der Waals surface area contributed by atoms with Gasteiger partial charge in [-0.3, -0.25) is 0 Å². The zero-order valence-corrected chi connectivity index (χ0v) is 22.4. The molecule has 2 heterocycles. The largest absolute Gasteiger partial charge is 1.00 e. The quantitative estimate of drug-likeness (QED) is 0.594. The Morgan fingerprint density at radius 2 is 1.17 bits per heavy atom. The number of rotatable bonds is 4. The predicted octanol–water partition coefficient (Wildman–Crippen LogP) is 1.06. The zero-order valence-electron chi connectivity index (χ0n) is 18.3. The zero-order chi connectivity index (χ0) is 20.0. The topological polar surface area (TPSA) is 26.3 Å². The van der Waals surface area contributed by atoms with Crippen molar-refractivity contribution in [3.8, 4) is 0 Å². The fourth-order valence-corrected chi connectivity index (χ4v) is 17.4. The van der Waals surface area contributed by atoms with Crippen LogP contribution in [0.4, 0.5) is 0 Å². The van der Waals surface area contributed by atoms with E-state index in [1.165, 1.54) is 22.3 Å². The van der Waals surface area contributed by atoms with E-state index in [2.05, 4.69) is 65.1 Å². The number of allylic oxidation sites excluding steroid dienone is 8. The van der Waals surface area contributed by atoms with Crippen LogP contribution >= 0.6 is 0 Å². The van der Waals surface area contributed by atoms with Gasteiger partial charge in [0.25, 0.3) is 0 Å². The normalized spacial score (nSPS) is 20.3. The van der Waals surface area contributed by atoms with Crippen LogP contribution in [0.5, 0.6) is 0 Å². The second-order valence-corrected chi connectivity index (χ2v) is 19.8. The van der Waals surface area contributed by atoms with E-state index in [4.69, 9.17) is 8.83 Å². The van der Waals surface area contributed by atoms with Crippen LogP contribution in [0.2, 0.25) is 13.1 Å². The van der Waals surface area contributed by atoms with Gasteiger partial charge in [-0.1, -0.05) is 0 Å². The second-order valence-electron chi connectivity index (χ2n) is 8.20. The average Bonchev–Trinajstić information content (AvgIpc) is 3.43. The number of hydrogen-bond donors (Lipinski definition) is 0. The summed E-state index contributed by atoms with van der Waals surface area (Å²) in [4.78, 5) is 0. The maximum absolute atomic E-state index is 5.87. The molecule has 2 aliphatic carbocycles. The van der Waals surface area contributed by atoms with Crippen molar-refractivity contribution in [1.29, 1.82) is 0 Å². The molecule has 2 atom stereocenters. The van der Waals surface area contributed by atoms with E-state index in [1.807, 2.05) is 12.1 Å². The second kappa shape index (κ2) is 10.1. The molecule has 0 radical (unpaired) electrons. The van der Waals surface area contributed by atoms with Crippen molar-refractivity contribution in [1.82, 2.24) is 0 Å². The summed E-state index contributed by atoms with van der Waals surface area (Å²) in [7, 11) is 0. The Hall–Kier alpha value is -0.969. The van der Waals surface area contributed by atoms with Crippen molar-refractivity contribution >= 4 is 17.3 Å². The molecule has 0 amide bonds. The van der Waals surface area contributed by atoms with Crippen LogP contribution in [-0.4, -0.2) is 6.19 Å². The van der Waals surface area contributed by atoms with E-state index in [0.717, 1.165) is 11.5 Å². The summed E-state index contributed by atoms with van der Waals surface area (Å²) >= 11 is -1.74. The van der Waals surface area contributed by atoms with Gasteiger partial charge in [-0.15, -0.1) is 0 Å². The first kappa shape index (κ1) is 25.3. The minimum absolute atomic E-state index is 0. The van der Waals surface area contributed by atoms with Crippen LogP contribution in [0.15, 0.2) is 76.7 Å². The Morgan fingerprint density at radius 3 is 1.47 bits per heavy atom. The molecular weight excluding hydrogens is 467 g/mol. The maximum Gasteiger partial charge on any atom is -1.00 e. The van der Waals surface area contributed by atoms with Crippen LogP contribution in [0.1, 0.15) is 39.2 Å². The Bertz CT molecular complexity index is 986. The van der Waals surface area contributed by atoms with Crippen LogP contribution in [-0.2, 0) is 16.6 Å². The number of hydrogen-bond acceptors (Lipinski definition) is 2. The van der Waals surface area contributed by atoms with Gasteiger partial charge in [0, 0.05) is 0 Å². The van der Waals surface area contributed by atoms with Crippen molar-refractivity contribution in [2.45, 2.75) is 40.8 Å². The molecule has 2 unspecified atom stereocenters. The molecule has 4 rings (SSSR count). The number of halogens is 2. The summed E-state index contributed by atoms with van der Waals surface area (Å²) < 4.78 is 15.1. The van der Waals surface area contributed by atoms with E-state index in [-0.39, 0.29) is 24.8 Å². The summed E-state index contributed by atoms with van der Waals surface area (Å²) in [5.74, 6) is 3.08. The molecule has 2 nitrogen and oxygen atoms in total. The molecule has 0 saturated carbocycles. The molecule has 0 saturated heterocycles. The van der Waals surface area contributed by atoms with Gasteiger partial charge in [0.1, 0.15) is 0 Å². The summed E-state index contributed by atoms with van der Waals surface area (Å²) in [5, 5.41) is 0. The van der Waals surface area contributed by atoms with Gasteiger partial charge >= 0.3 is 175 Å². The molecule has 30 heavy (non-hydrogen) atoms. The first-order valence-electron chi connectivity index (χ1n) is 10.0. The standard InChI is InChI=1S/2C11H11O.C2H6Si.2ClH.Ti/c2*1-8-6-10(7-9(8)2)11-4-3-5-12-11;1-3-2;;;/h2*3-6,9H,1-2H3;1-2H3;2*1H;/q;;;;;+2/p-2. The fourth-order valence-electron chi connectivity index (χ4n) is 4.44. The molecule has 6 heteroatoms. The predicted molar refractivity (Wildman–Crippen MR) is 115 cm³/mol. The molecule has 0 N–H and O–H groups in total. The van der Waals surface area contributed by atoms with E-state index in [9.17, 15) is 0 Å². The van der Waals surface area contributed by atoms with Gasteiger partial charge < -0.3 is 24.8 Å². The first-order chi connectivity index (χ1) is 13.4. The molecular formula is C24H28Cl2O2SiTi. The third-order valence-electron chi connectivity index (χ3n) is 6.17. The third kappa shape index (κ3) is 4.33. The molecule has 0 aliphatic heterocycles. The Kier molecular flexibility index (Phi) is 8.52. The van der Waals surface area contributed by atoms with Crippen molar-refractivity contribution in [3.63, 3.8) is 0 Å². The Morgan fingerprint density at radius 1 is 0.767 bits per heavy atom. The molecule has 2 aromatic heterocycles. The van der Waals surface area contributed by atoms with Crippen LogP contribution in [0, 0.1) is 11.8 Å².